The molecule has 0 radical (unpaired) electrons. The highest BCUT2D eigenvalue weighted by Crippen LogP contribution is 2.31. The summed E-state index contributed by atoms with van der Waals surface area (Å²) in [6.07, 6.45) is 2.19. The lowest BCUT2D eigenvalue weighted by molar-refractivity contribution is -0.123. The molecule has 1 fully saturated rings. The molecule has 3 nitrogen and oxygen atoms in total. The van der Waals surface area contributed by atoms with Crippen LogP contribution in [0, 0.1) is 17.8 Å². The van der Waals surface area contributed by atoms with Crippen LogP contribution < -0.4 is 0 Å². The maximum absolute atomic E-state index is 11.7. The zero-order chi connectivity index (χ0) is 12.3. The number of ketones is 1. The molecule has 4 heteroatoms. The predicted molar refractivity (Wildman–Crippen MR) is 65.0 cm³/mol. The molecule has 0 amide bonds. The molecule has 0 bridgehead atoms. The van der Waals surface area contributed by atoms with Crippen LogP contribution in [-0.2, 0) is 14.6 Å². The monoisotopic (exact) mass is 246 g/mol. The largest absolute Gasteiger partial charge is 0.299 e. The molecular formula is C12H22O3S. The molecule has 16 heavy (non-hydrogen) atoms. The molecule has 0 aliphatic carbocycles. The molecule has 1 rings (SSSR count). The summed E-state index contributed by atoms with van der Waals surface area (Å²) in [5.41, 5.74) is 0. The fourth-order valence-corrected chi connectivity index (χ4v) is 4.25. The van der Waals surface area contributed by atoms with E-state index >= 15 is 0 Å². The van der Waals surface area contributed by atoms with Crippen molar-refractivity contribution in [1.82, 2.24) is 0 Å². The van der Waals surface area contributed by atoms with Crippen LogP contribution in [0.5, 0.6) is 0 Å². The average molecular weight is 246 g/mol. The minimum absolute atomic E-state index is 0.0621. The van der Waals surface area contributed by atoms with Gasteiger partial charge in [0.25, 0.3) is 0 Å². The van der Waals surface area contributed by atoms with Gasteiger partial charge < -0.3 is 0 Å². The predicted octanol–water partition coefficient (Wildman–Crippen LogP) is 2.06. The number of hydrogen-bond acceptors (Lipinski definition) is 3. The normalized spacial score (nSPS) is 25.9. The van der Waals surface area contributed by atoms with E-state index in [9.17, 15) is 13.2 Å². The molecule has 1 saturated heterocycles. The Labute approximate surface area is 98.5 Å². The van der Waals surface area contributed by atoms with E-state index < -0.39 is 9.84 Å². The zero-order valence-electron chi connectivity index (χ0n) is 10.4. The molecule has 0 aromatic heterocycles. The summed E-state index contributed by atoms with van der Waals surface area (Å²) in [5, 5.41) is 0. The SMILES string of the molecule is CCC(CC(=O)C(C)C)C1CCS(=O)(=O)C1. The molecule has 1 heterocycles. The van der Waals surface area contributed by atoms with Gasteiger partial charge in [0.1, 0.15) is 5.78 Å². The van der Waals surface area contributed by atoms with Crippen LogP contribution in [0.2, 0.25) is 0 Å². The fraction of sp³-hybridized carbons (Fsp3) is 0.917. The Hall–Kier alpha value is -0.380. The van der Waals surface area contributed by atoms with Gasteiger partial charge in [-0.2, -0.15) is 0 Å². The number of carbonyl (C=O) groups is 1. The third-order valence-corrected chi connectivity index (χ3v) is 5.36. The van der Waals surface area contributed by atoms with E-state index in [1.54, 1.807) is 0 Å². The van der Waals surface area contributed by atoms with E-state index in [0.717, 1.165) is 12.8 Å². The zero-order valence-corrected chi connectivity index (χ0v) is 11.2. The van der Waals surface area contributed by atoms with Gasteiger partial charge in [0.05, 0.1) is 11.5 Å². The minimum atomic E-state index is -2.82. The van der Waals surface area contributed by atoms with Gasteiger partial charge in [-0.1, -0.05) is 27.2 Å². The Morgan fingerprint density at radius 2 is 2.00 bits per heavy atom. The lowest BCUT2D eigenvalue weighted by Gasteiger charge is -2.21. The second-order valence-electron chi connectivity index (χ2n) is 5.16. The lowest BCUT2D eigenvalue weighted by atomic mass is 9.84. The first-order chi connectivity index (χ1) is 7.35. The van der Waals surface area contributed by atoms with Gasteiger partial charge in [-0.3, -0.25) is 4.79 Å². The van der Waals surface area contributed by atoms with E-state index in [4.69, 9.17) is 0 Å². The summed E-state index contributed by atoms with van der Waals surface area (Å²) in [6.45, 7) is 5.85. The molecule has 0 spiro atoms. The highest BCUT2D eigenvalue weighted by atomic mass is 32.2. The van der Waals surface area contributed by atoms with Crippen molar-refractivity contribution in [3.8, 4) is 0 Å². The Morgan fingerprint density at radius 3 is 2.38 bits per heavy atom. The highest BCUT2D eigenvalue weighted by Gasteiger charge is 2.33. The quantitative estimate of drug-likeness (QED) is 0.746. The molecule has 1 aliphatic rings. The molecule has 0 aromatic rings. The van der Waals surface area contributed by atoms with Crippen molar-refractivity contribution >= 4 is 15.6 Å². The molecule has 94 valence electrons. The van der Waals surface area contributed by atoms with E-state index in [1.165, 1.54) is 0 Å². The van der Waals surface area contributed by atoms with Crippen molar-refractivity contribution in [2.75, 3.05) is 11.5 Å². The third kappa shape index (κ3) is 3.58. The molecule has 2 unspecified atom stereocenters. The second kappa shape index (κ2) is 5.30. The molecule has 0 saturated carbocycles. The van der Waals surface area contributed by atoms with Gasteiger partial charge in [-0.05, 0) is 18.3 Å². The van der Waals surface area contributed by atoms with Gasteiger partial charge in [0.15, 0.2) is 9.84 Å². The first-order valence-corrected chi connectivity index (χ1v) is 7.91. The van der Waals surface area contributed by atoms with Gasteiger partial charge in [-0.25, -0.2) is 8.42 Å². The van der Waals surface area contributed by atoms with E-state index in [2.05, 4.69) is 0 Å². The summed E-state index contributed by atoms with van der Waals surface area (Å²) in [7, 11) is -2.82. The number of sulfone groups is 1. The number of hydrogen-bond donors (Lipinski definition) is 0. The second-order valence-corrected chi connectivity index (χ2v) is 7.39. The third-order valence-electron chi connectivity index (χ3n) is 3.57. The molecular weight excluding hydrogens is 224 g/mol. The lowest BCUT2D eigenvalue weighted by Crippen LogP contribution is -2.21. The number of rotatable bonds is 5. The maximum Gasteiger partial charge on any atom is 0.150 e. The Morgan fingerprint density at radius 1 is 1.38 bits per heavy atom. The van der Waals surface area contributed by atoms with Crippen molar-refractivity contribution < 1.29 is 13.2 Å². The number of carbonyl (C=O) groups excluding carboxylic acids is 1. The van der Waals surface area contributed by atoms with E-state index in [0.29, 0.717) is 12.2 Å². The van der Waals surface area contributed by atoms with E-state index in [-0.39, 0.29) is 29.3 Å². The molecule has 1 aliphatic heterocycles. The van der Waals surface area contributed by atoms with Gasteiger partial charge in [-0.15, -0.1) is 0 Å². The standard InChI is InChI=1S/C12H22O3S/c1-4-10(7-12(13)9(2)3)11-5-6-16(14,15)8-11/h9-11H,4-8H2,1-3H3. The van der Waals surface area contributed by atoms with Crippen molar-refractivity contribution in [2.24, 2.45) is 17.8 Å². The summed E-state index contributed by atoms with van der Waals surface area (Å²) < 4.78 is 22.8. The Bertz CT molecular complexity index is 343. The van der Waals surface area contributed by atoms with Crippen LogP contribution in [0.1, 0.15) is 40.0 Å². The summed E-state index contributed by atoms with van der Waals surface area (Å²) >= 11 is 0. The summed E-state index contributed by atoms with van der Waals surface area (Å²) in [4.78, 5) is 11.7. The van der Waals surface area contributed by atoms with Gasteiger partial charge in [0.2, 0.25) is 0 Å². The minimum Gasteiger partial charge on any atom is -0.299 e. The summed E-state index contributed by atoms with van der Waals surface area (Å²) in [6, 6.07) is 0. The smallest absolute Gasteiger partial charge is 0.150 e. The highest BCUT2D eigenvalue weighted by molar-refractivity contribution is 7.91. The van der Waals surface area contributed by atoms with Crippen LogP contribution in [0.15, 0.2) is 0 Å². The van der Waals surface area contributed by atoms with Crippen molar-refractivity contribution in [2.45, 2.75) is 40.0 Å². The van der Waals surface area contributed by atoms with Crippen molar-refractivity contribution in [3.63, 3.8) is 0 Å². The first-order valence-electron chi connectivity index (χ1n) is 6.09. The van der Waals surface area contributed by atoms with Crippen LogP contribution in [0.25, 0.3) is 0 Å². The van der Waals surface area contributed by atoms with Crippen LogP contribution in [0.4, 0.5) is 0 Å². The van der Waals surface area contributed by atoms with Crippen LogP contribution in [0.3, 0.4) is 0 Å². The van der Waals surface area contributed by atoms with Gasteiger partial charge in [0, 0.05) is 12.3 Å². The van der Waals surface area contributed by atoms with Crippen molar-refractivity contribution in [1.29, 1.82) is 0 Å². The van der Waals surface area contributed by atoms with E-state index in [1.807, 2.05) is 20.8 Å². The molecule has 0 aromatic carbocycles. The number of Topliss-reactive ketones (excluding diaryl/α,β-unsaturated/α-hetero) is 1. The Balaban J connectivity index is 2.59. The first kappa shape index (κ1) is 13.7. The Kier molecular flexibility index (Phi) is 4.53. The maximum atomic E-state index is 11.7. The van der Waals surface area contributed by atoms with Gasteiger partial charge >= 0.3 is 0 Å². The molecule has 0 N–H and O–H groups in total. The van der Waals surface area contributed by atoms with Crippen LogP contribution in [-0.4, -0.2) is 25.7 Å². The van der Waals surface area contributed by atoms with Crippen molar-refractivity contribution in [3.05, 3.63) is 0 Å². The topological polar surface area (TPSA) is 51.2 Å². The van der Waals surface area contributed by atoms with Crippen LogP contribution >= 0.6 is 0 Å². The fourth-order valence-electron chi connectivity index (χ4n) is 2.33. The summed E-state index contributed by atoms with van der Waals surface area (Å²) in [5.74, 6) is 1.38. The average Bonchev–Trinajstić information content (AvgIpc) is 2.54. The molecule has 2 atom stereocenters.